The quantitative estimate of drug-likeness (QED) is 0.0249. The third kappa shape index (κ3) is 21.2. The van der Waals surface area contributed by atoms with E-state index in [9.17, 15) is 38.4 Å². The summed E-state index contributed by atoms with van der Waals surface area (Å²) in [6.07, 6.45) is -0.888. The molecule has 0 unspecified atom stereocenters. The van der Waals surface area contributed by atoms with Crippen molar-refractivity contribution in [2.75, 3.05) is 80.0 Å². The van der Waals surface area contributed by atoms with E-state index >= 15 is 0 Å². The van der Waals surface area contributed by atoms with E-state index in [0.29, 0.717) is 13.2 Å². The predicted octanol–water partition coefficient (Wildman–Crippen LogP) is -2.57. The van der Waals surface area contributed by atoms with Gasteiger partial charge in [0, 0.05) is 7.11 Å². The molecule has 0 radical (unpaired) electrons. The van der Waals surface area contributed by atoms with Gasteiger partial charge in [0.25, 0.3) is 0 Å². The van der Waals surface area contributed by atoms with Gasteiger partial charge in [0.05, 0.1) is 26.5 Å². The lowest BCUT2D eigenvalue weighted by molar-refractivity contribution is 0.0192. The fraction of sp³-hybridized carbons (Fsp3) is 0.619. The number of aliphatic imine (C=N–C) groups is 3. The minimum atomic E-state index is -2.02. The van der Waals surface area contributed by atoms with Gasteiger partial charge in [0.2, 0.25) is 18.2 Å². The zero-order valence-electron chi connectivity index (χ0n) is 23.3. The van der Waals surface area contributed by atoms with Gasteiger partial charge in [-0.15, -0.1) is 0 Å². The Labute approximate surface area is 248 Å². The van der Waals surface area contributed by atoms with Gasteiger partial charge in [-0.1, -0.05) is 0 Å². The van der Waals surface area contributed by atoms with Gasteiger partial charge in [0.1, 0.15) is 52.0 Å². The van der Waals surface area contributed by atoms with Gasteiger partial charge < -0.3 is 60.3 Å². The number of carbonyl (C=O) groups excluding carboxylic acids is 8. The molecule has 0 aliphatic heterocycles. The smallest absolute Gasteiger partial charge is 0.408 e. The normalized spacial score (nSPS) is 10.8. The molecule has 0 saturated heterocycles. The molecule has 0 aromatic heterocycles. The first-order valence-electron chi connectivity index (χ1n) is 12.1. The molecule has 0 bridgehead atoms. The lowest BCUT2D eigenvalue weighted by Gasteiger charge is -2.33. The Morgan fingerprint density at radius 1 is 0.591 bits per heavy atom. The molecule has 0 aromatic rings. The van der Waals surface area contributed by atoms with Crippen LogP contribution in [-0.4, -0.2) is 134 Å². The first kappa shape index (κ1) is 38.4. The molecular weight excluding hydrogens is 602 g/mol. The number of amides is 6. The molecular formula is C21H31N9O14. The van der Waals surface area contributed by atoms with Crippen LogP contribution in [0.25, 0.3) is 0 Å². The van der Waals surface area contributed by atoms with Crippen LogP contribution in [0.1, 0.15) is 0 Å². The summed E-state index contributed by atoms with van der Waals surface area (Å²) in [6, 6.07) is -1.06. The average molecular weight is 634 g/mol. The van der Waals surface area contributed by atoms with Gasteiger partial charge >= 0.3 is 30.4 Å². The Hall–Kier alpha value is -5.59. The number of ether oxygens (including phenoxy) is 6. The minimum Gasteiger partial charge on any atom is -0.447 e. The number of rotatable bonds is 21. The number of nitrogens with zero attached hydrogens (tertiary/aromatic N) is 3. The number of urea groups is 1. The first-order valence-corrected chi connectivity index (χ1v) is 12.1. The topological polar surface area (TPSA) is 301 Å². The summed E-state index contributed by atoms with van der Waals surface area (Å²) in [6.45, 7) is -3.93. The van der Waals surface area contributed by atoms with Crippen LogP contribution in [0.4, 0.5) is 24.0 Å². The van der Waals surface area contributed by atoms with Crippen molar-refractivity contribution in [2.45, 2.75) is 5.54 Å². The predicted molar refractivity (Wildman–Crippen MR) is 139 cm³/mol. The van der Waals surface area contributed by atoms with Crippen molar-refractivity contribution >= 4 is 48.6 Å². The van der Waals surface area contributed by atoms with Crippen molar-refractivity contribution in [1.82, 2.24) is 31.9 Å². The second-order valence-electron chi connectivity index (χ2n) is 7.49. The van der Waals surface area contributed by atoms with E-state index in [4.69, 9.17) is 28.4 Å². The molecule has 0 fully saturated rings. The van der Waals surface area contributed by atoms with Crippen molar-refractivity contribution in [3.63, 3.8) is 0 Å². The number of carbonyl (C=O) groups is 5. The van der Waals surface area contributed by atoms with Gasteiger partial charge in [0.15, 0.2) is 0 Å². The molecule has 6 N–H and O–H groups in total. The fourth-order valence-electron chi connectivity index (χ4n) is 2.38. The number of alkyl carbamates (subject to hydrolysis) is 4. The lowest BCUT2D eigenvalue weighted by Crippen LogP contribution is -2.62. The monoisotopic (exact) mass is 633 g/mol. The zero-order chi connectivity index (χ0) is 32.9. The maximum atomic E-state index is 12.7. The van der Waals surface area contributed by atoms with Crippen molar-refractivity contribution in [3.8, 4) is 0 Å². The molecule has 0 saturated carbocycles. The van der Waals surface area contributed by atoms with Crippen molar-refractivity contribution < 1.29 is 66.8 Å². The largest absolute Gasteiger partial charge is 0.447 e. The maximum Gasteiger partial charge on any atom is 0.408 e. The summed E-state index contributed by atoms with van der Waals surface area (Å²) in [5, 5.41) is 12.9. The third-order valence-electron chi connectivity index (χ3n) is 4.29. The van der Waals surface area contributed by atoms with Crippen molar-refractivity contribution in [3.05, 3.63) is 0 Å². The Bertz CT molecular complexity index is 979. The highest BCUT2D eigenvalue weighted by atomic mass is 16.6. The first-order chi connectivity index (χ1) is 21.2. The Morgan fingerprint density at radius 3 is 1.45 bits per heavy atom. The molecule has 0 aromatic carbocycles. The highest BCUT2D eigenvalue weighted by Gasteiger charge is 2.38. The second kappa shape index (κ2) is 25.1. The molecule has 44 heavy (non-hydrogen) atoms. The van der Waals surface area contributed by atoms with E-state index < -0.39 is 82.4 Å². The van der Waals surface area contributed by atoms with Crippen LogP contribution >= 0.6 is 0 Å². The summed E-state index contributed by atoms with van der Waals surface area (Å²) in [7, 11) is 1.49. The van der Waals surface area contributed by atoms with Crippen LogP contribution in [0.5, 0.6) is 0 Å². The molecule has 0 atom stereocenters. The third-order valence-corrected chi connectivity index (χ3v) is 4.29. The molecule has 6 amide bonds. The van der Waals surface area contributed by atoms with Gasteiger partial charge in [-0.3, -0.25) is 0 Å². The van der Waals surface area contributed by atoms with E-state index in [-0.39, 0.29) is 13.2 Å². The maximum absolute atomic E-state index is 12.7. The Kier molecular flexibility index (Phi) is 22.0. The van der Waals surface area contributed by atoms with E-state index in [1.54, 1.807) is 0 Å². The number of hydrogen-bond donors (Lipinski definition) is 6. The highest BCUT2D eigenvalue weighted by Crippen LogP contribution is 2.10. The SMILES string of the molecule is COCCOCCOC(=O)NCNC(=O)NC(COC(=O)NCN=C=O)(COC(=O)NCN=C=O)COC(=O)NCN=C=O. The summed E-state index contributed by atoms with van der Waals surface area (Å²) < 4.78 is 29.7. The molecule has 23 nitrogen and oxygen atoms in total. The van der Waals surface area contributed by atoms with Crippen LogP contribution < -0.4 is 31.9 Å². The van der Waals surface area contributed by atoms with Gasteiger partial charge in [-0.25, -0.2) is 38.4 Å². The lowest BCUT2D eigenvalue weighted by atomic mass is 10.0. The van der Waals surface area contributed by atoms with Crippen molar-refractivity contribution in [2.24, 2.45) is 15.0 Å². The number of hydrogen-bond acceptors (Lipinski definition) is 17. The summed E-state index contributed by atoms with van der Waals surface area (Å²) in [5.41, 5.74) is -2.02. The Morgan fingerprint density at radius 2 is 1.02 bits per heavy atom. The average Bonchev–Trinajstić information content (AvgIpc) is 3.00. The Balaban J connectivity index is 5.50. The summed E-state index contributed by atoms with van der Waals surface area (Å²) in [4.78, 5) is 100. The van der Waals surface area contributed by atoms with Crippen LogP contribution in [0, 0.1) is 0 Å². The zero-order valence-corrected chi connectivity index (χ0v) is 23.3. The minimum absolute atomic E-state index is 0.0897. The highest BCUT2D eigenvalue weighted by molar-refractivity contribution is 5.76. The fourth-order valence-corrected chi connectivity index (χ4v) is 2.38. The van der Waals surface area contributed by atoms with E-state index in [2.05, 4.69) is 46.9 Å². The van der Waals surface area contributed by atoms with Crippen molar-refractivity contribution in [1.29, 1.82) is 0 Å². The molecule has 23 heteroatoms. The number of isocyanates is 3. The summed E-state index contributed by atoms with van der Waals surface area (Å²) >= 11 is 0. The summed E-state index contributed by atoms with van der Waals surface area (Å²) in [5.74, 6) is 0. The van der Waals surface area contributed by atoms with Gasteiger partial charge in [-0.05, 0) is 0 Å². The van der Waals surface area contributed by atoms with E-state index in [1.807, 2.05) is 0 Å². The molecule has 0 aliphatic carbocycles. The molecule has 0 heterocycles. The molecule has 0 spiro atoms. The van der Waals surface area contributed by atoms with Crippen LogP contribution in [0.15, 0.2) is 15.0 Å². The second-order valence-corrected chi connectivity index (χ2v) is 7.49. The molecule has 0 aliphatic rings. The van der Waals surface area contributed by atoms with Gasteiger partial charge in [-0.2, -0.15) is 15.0 Å². The number of nitrogens with one attached hydrogen (secondary N) is 6. The van der Waals surface area contributed by atoms with E-state index in [1.165, 1.54) is 25.3 Å². The molecule has 0 rings (SSSR count). The molecule has 244 valence electrons. The van der Waals surface area contributed by atoms with Crippen LogP contribution in [0.2, 0.25) is 0 Å². The van der Waals surface area contributed by atoms with Crippen LogP contribution in [0.3, 0.4) is 0 Å². The number of methoxy groups -OCH3 is 1. The van der Waals surface area contributed by atoms with Crippen LogP contribution in [-0.2, 0) is 42.8 Å². The standard InChI is InChI=1S/C21H31N9O14/c1-39-2-3-40-4-5-41-17(35)29-12-25-16(34)30-21(6-42-18(36)26-9-22-13-31,7-43-19(37)27-10-23-14-32)8-44-20(38)28-11-24-15-33/h2-12H2,1H3,(H,26,36)(H,27,37)(H,28,38)(H,29,35)(H2,25,30,34). The van der Waals surface area contributed by atoms with E-state index in [0.717, 1.165) is 0 Å².